The van der Waals surface area contributed by atoms with E-state index in [2.05, 4.69) is 0 Å². The molecule has 3 rings (SSSR count). The Kier molecular flexibility index (Phi) is 4.24. The number of carbonyl (C=O) groups is 1. The van der Waals surface area contributed by atoms with Crippen LogP contribution in [0.25, 0.3) is 0 Å². The summed E-state index contributed by atoms with van der Waals surface area (Å²) in [7, 11) is 0. The Morgan fingerprint density at radius 2 is 2.13 bits per heavy atom. The summed E-state index contributed by atoms with van der Waals surface area (Å²) in [4.78, 5) is 25.2. The van der Waals surface area contributed by atoms with Crippen molar-refractivity contribution in [2.24, 2.45) is 0 Å². The number of hydrogen-bond donors (Lipinski definition) is 0. The van der Waals surface area contributed by atoms with Crippen LogP contribution in [0.4, 0.5) is 5.88 Å². The fraction of sp³-hybridized carbons (Fsp3) is 0.133. The van der Waals surface area contributed by atoms with Gasteiger partial charge in [-0.1, -0.05) is 6.07 Å². The monoisotopic (exact) mass is 332 g/mol. The van der Waals surface area contributed by atoms with Gasteiger partial charge in [-0.2, -0.15) is 0 Å². The molecule has 118 valence electrons. The molecule has 0 fully saturated rings. The summed E-state index contributed by atoms with van der Waals surface area (Å²) in [5.74, 6) is -0.919. The van der Waals surface area contributed by atoms with Gasteiger partial charge in [-0.25, -0.2) is 0 Å². The predicted molar refractivity (Wildman–Crippen MR) is 82.0 cm³/mol. The fourth-order valence-electron chi connectivity index (χ4n) is 2.09. The summed E-state index contributed by atoms with van der Waals surface area (Å²) in [6, 6.07) is 8.08. The Morgan fingerprint density at radius 1 is 1.26 bits per heavy atom. The third-order valence-corrected chi connectivity index (χ3v) is 4.01. The van der Waals surface area contributed by atoms with Crippen molar-refractivity contribution in [2.75, 3.05) is 0 Å². The molecule has 23 heavy (non-hydrogen) atoms. The first-order valence-corrected chi connectivity index (χ1v) is 7.58. The van der Waals surface area contributed by atoms with Gasteiger partial charge in [0.15, 0.2) is 5.76 Å². The van der Waals surface area contributed by atoms with Gasteiger partial charge in [0.1, 0.15) is 4.92 Å². The SMILES string of the molecule is O=C(c1ccc([N+](=O)[O-])o1)N(Cc1ccoc1)Cc1cccs1. The molecule has 8 heteroatoms. The van der Waals surface area contributed by atoms with Crippen LogP contribution in [0.5, 0.6) is 0 Å². The second-order valence-electron chi connectivity index (χ2n) is 4.77. The van der Waals surface area contributed by atoms with Gasteiger partial charge in [-0.3, -0.25) is 14.9 Å². The van der Waals surface area contributed by atoms with E-state index in [4.69, 9.17) is 8.83 Å². The van der Waals surface area contributed by atoms with Crippen molar-refractivity contribution in [3.8, 4) is 0 Å². The molecule has 0 atom stereocenters. The molecule has 0 saturated carbocycles. The number of hydrogen-bond acceptors (Lipinski definition) is 6. The highest BCUT2D eigenvalue weighted by Crippen LogP contribution is 2.21. The smallest absolute Gasteiger partial charge is 0.433 e. The summed E-state index contributed by atoms with van der Waals surface area (Å²) in [6.45, 7) is 0.706. The number of carbonyl (C=O) groups excluding carboxylic acids is 1. The van der Waals surface area contributed by atoms with Gasteiger partial charge < -0.3 is 13.7 Å². The zero-order valence-corrected chi connectivity index (χ0v) is 12.7. The lowest BCUT2D eigenvalue weighted by molar-refractivity contribution is -0.402. The van der Waals surface area contributed by atoms with Crippen LogP contribution in [0.15, 0.2) is 57.1 Å². The van der Waals surface area contributed by atoms with Crippen molar-refractivity contribution in [1.29, 1.82) is 0 Å². The van der Waals surface area contributed by atoms with Gasteiger partial charge in [0.2, 0.25) is 0 Å². The maximum absolute atomic E-state index is 12.6. The minimum atomic E-state index is -0.670. The lowest BCUT2D eigenvalue weighted by atomic mass is 10.2. The van der Waals surface area contributed by atoms with E-state index < -0.39 is 16.7 Å². The van der Waals surface area contributed by atoms with Crippen molar-refractivity contribution in [3.63, 3.8) is 0 Å². The van der Waals surface area contributed by atoms with Crippen LogP contribution >= 0.6 is 11.3 Å². The molecule has 1 amide bonds. The van der Waals surface area contributed by atoms with Crippen molar-refractivity contribution in [3.05, 3.63) is 74.6 Å². The fourth-order valence-corrected chi connectivity index (χ4v) is 2.81. The highest BCUT2D eigenvalue weighted by molar-refractivity contribution is 7.09. The second kappa shape index (κ2) is 6.49. The minimum Gasteiger partial charge on any atom is -0.472 e. The molecule has 0 radical (unpaired) electrons. The lowest BCUT2D eigenvalue weighted by Crippen LogP contribution is -2.29. The molecule has 0 aliphatic carbocycles. The van der Waals surface area contributed by atoms with Gasteiger partial charge in [0.25, 0.3) is 5.91 Å². The molecule has 0 unspecified atom stereocenters. The van der Waals surface area contributed by atoms with E-state index in [1.807, 2.05) is 17.5 Å². The molecule has 3 aromatic heterocycles. The Labute approximate surface area is 134 Å². The molecule has 0 aliphatic rings. The van der Waals surface area contributed by atoms with E-state index in [0.717, 1.165) is 10.4 Å². The quantitative estimate of drug-likeness (QED) is 0.507. The number of nitro groups is 1. The molecular weight excluding hydrogens is 320 g/mol. The van der Waals surface area contributed by atoms with Gasteiger partial charge in [0, 0.05) is 17.0 Å². The Morgan fingerprint density at radius 3 is 2.74 bits per heavy atom. The number of nitrogens with zero attached hydrogens (tertiary/aromatic N) is 2. The van der Waals surface area contributed by atoms with E-state index in [-0.39, 0.29) is 5.76 Å². The zero-order chi connectivity index (χ0) is 16.2. The number of amides is 1. The molecule has 3 aromatic rings. The van der Waals surface area contributed by atoms with E-state index in [1.54, 1.807) is 17.2 Å². The molecule has 0 N–H and O–H groups in total. The molecule has 0 aromatic carbocycles. The first kappa shape index (κ1) is 15.0. The minimum absolute atomic E-state index is 0.0586. The van der Waals surface area contributed by atoms with Crippen molar-refractivity contribution < 1.29 is 18.6 Å². The number of rotatable bonds is 6. The average molecular weight is 332 g/mol. The Bertz CT molecular complexity index is 756. The summed E-state index contributed by atoms with van der Waals surface area (Å²) >= 11 is 1.53. The molecule has 0 saturated heterocycles. The summed E-state index contributed by atoms with van der Waals surface area (Å²) < 4.78 is 10.0. The summed E-state index contributed by atoms with van der Waals surface area (Å²) in [6.07, 6.45) is 3.08. The van der Waals surface area contributed by atoms with Crippen molar-refractivity contribution >= 4 is 23.1 Å². The number of furan rings is 2. The van der Waals surface area contributed by atoms with E-state index in [9.17, 15) is 14.9 Å². The van der Waals surface area contributed by atoms with Gasteiger partial charge >= 0.3 is 5.88 Å². The predicted octanol–water partition coefficient (Wildman–Crippen LogP) is 3.68. The first-order chi connectivity index (χ1) is 11.1. The topological polar surface area (TPSA) is 89.7 Å². The molecule has 7 nitrogen and oxygen atoms in total. The lowest BCUT2D eigenvalue weighted by Gasteiger charge is -2.20. The van der Waals surface area contributed by atoms with Crippen LogP contribution in [0.3, 0.4) is 0 Å². The van der Waals surface area contributed by atoms with Gasteiger partial charge in [0.05, 0.1) is 25.1 Å². The van der Waals surface area contributed by atoms with Crippen LogP contribution < -0.4 is 0 Å². The van der Waals surface area contributed by atoms with E-state index >= 15 is 0 Å². The summed E-state index contributed by atoms with van der Waals surface area (Å²) in [5, 5.41) is 12.6. The van der Waals surface area contributed by atoms with Crippen LogP contribution in [-0.4, -0.2) is 15.7 Å². The second-order valence-corrected chi connectivity index (χ2v) is 5.80. The van der Waals surface area contributed by atoms with Gasteiger partial charge in [-0.15, -0.1) is 11.3 Å². The summed E-state index contributed by atoms with van der Waals surface area (Å²) in [5.41, 5.74) is 0.830. The molecule has 0 spiro atoms. The number of thiophene rings is 1. The Hall–Kier alpha value is -2.87. The van der Waals surface area contributed by atoms with E-state index in [0.29, 0.717) is 13.1 Å². The van der Waals surface area contributed by atoms with Gasteiger partial charge in [-0.05, 0) is 23.6 Å². The van der Waals surface area contributed by atoms with Crippen LogP contribution in [0.1, 0.15) is 21.0 Å². The molecule has 3 heterocycles. The maximum Gasteiger partial charge on any atom is 0.433 e. The van der Waals surface area contributed by atoms with E-state index in [1.165, 1.54) is 29.7 Å². The highest BCUT2D eigenvalue weighted by Gasteiger charge is 2.23. The third-order valence-electron chi connectivity index (χ3n) is 3.15. The van der Waals surface area contributed by atoms with Crippen LogP contribution in [0, 0.1) is 10.1 Å². The molecular formula is C15H12N2O5S. The zero-order valence-electron chi connectivity index (χ0n) is 11.9. The largest absolute Gasteiger partial charge is 0.472 e. The normalized spacial score (nSPS) is 10.6. The van der Waals surface area contributed by atoms with Crippen molar-refractivity contribution in [1.82, 2.24) is 4.90 Å². The average Bonchev–Trinajstić information content (AvgIpc) is 3.28. The maximum atomic E-state index is 12.6. The van der Waals surface area contributed by atoms with Crippen molar-refractivity contribution in [2.45, 2.75) is 13.1 Å². The van der Waals surface area contributed by atoms with Crippen LogP contribution in [-0.2, 0) is 13.1 Å². The van der Waals surface area contributed by atoms with Crippen LogP contribution in [0.2, 0.25) is 0 Å². The Balaban J connectivity index is 1.83. The molecule has 0 bridgehead atoms. The first-order valence-electron chi connectivity index (χ1n) is 6.70. The third kappa shape index (κ3) is 3.49. The molecule has 0 aliphatic heterocycles. The highest BCUT2D eigenvalue weighted by atomic mass is 32.1. The standard InChI is InChI=1S/C15H12N2O5S/c18-15(13-3-4-14(22-13)17(19)20)16(8-11-5-6-21-10-11)9-12-2-1-7-23-12/h1-7,10H,8-9H2.